The quantitative estimate of drug-likeness (QED) is 0.693. The Morgan fingerprint density at radius 1 is 1.16 bits per heavy atom. The minimum Gasteiger partial charge on any atom is -0.482 e. The Hall–Kier alpha value is -2.97. The summed E-state index contributed by atoms with van der Waals surface area (Å²) < 4.78 is 10.4. The second-order valence-corrected chi connectivity index (χ2v) is 9.41. The number of benzene rings is 1. The summed E-state index contributed by atoms with van der Waals surface area (Å²) in [6, 6.07) is 7.32. The van der Waals surface area contributed by atoms with E-state index in [9.17, 15) is 19.5 Å². The number of likely N-dealkylation sites (tertiary alicyclic amines) is 1. The number of anilines is 1. The molecule has 176 valence electrons. The predicted octanol–water partition coefficient (Wildman–Crippen LogP) is 2.79. The van der Waals surface area contributed by atoms with Crippen molar-refractivity contribution >= 4 is 23.7 Å². The van der Waals surface area contributed by atoms with Crippen molar-refractivity contribution in [2.45, 2.75) is 52.2 Å². The average Bonchev–Trinajstić information content (AvgIpc) is 2.95. The third kappa shape index (κ3) is 4.33. The van der Waals surface area contributed by atoms with E-state index in [0.717, 1.165) is 5.69 Å². The van der Waals surface area contributed by atoms with Gasteiger partial charge in [0.15, 0.2) is 6.61 Å². The van der Waals surface area contributed by atoms with E-state index in [1.54, 1.807) is 24.0 Å². The Labute approximate surface area is 188 Å². The Morgan fingerprint density at radius 2 is 1.75 bits per heavy atom. The lowest BCUT2D eigenvalue weighted by Crippen LogP contribution is -2.59. The van der Waals surface area contributed by atoms with Crippen LogP contribution in [0.25, 0.3) is 0 Å². The van der Waals surface area contributed by atoms with E-state index in [1.165, 1.54) is 4.90 Å². The van der Waals surface area contributed by atoms with Gasteiger partial charge in [0.05, 0.1) is 6.61 Å². The number of piperidine rings is 1. The summed E-state index contributed by atoms with van der Waals surface area (Å²) in [7, 11) is 1.82. The number of rotatable bonds is 5. The fraction of sp³-hybridized carbons (Fsp3) is 0.609. The van der Waals surface area contributed by atoms with Crippen LogP contribution in [-0.2, 0) is 14.3 Å². The van der Waals surface area contributed by atoms with E-state index in [4.69, 9.17) is 9.47 Å². The maximum absolute atomic E-state index is 13.5. The topological polar surface area (TPSA) is 99.6 Å². The molecule has 2 amide bonds. The largest absolute Gasteiger partial charge is 0.482 e. The third-order valence-corrected chi connectivity index (χ3v) is 6.20. The number of likely N-dealkylation sites (N-methyl/N-ethyl adjacent to an activating group) is 1. The van der Waals surface area contributed by atoms with Crippen molar-refractivity contribution in [3.8, 4) is 5.75 Å². The van der Waals surface area contributed by atoms with Gasteiger partial charge in [0.2, 0.25) is 5.91 Å². The summed E-state index contributed by atoms with van der Waals surface area (Å²) in [5.41, 5.74) is -0.182. The van der Waals surface area contributed by atoms with Gasteiger partial charge in [-0.3, -0.25) is 4.79 Å². The molecule has 1 spiro atoms. The maximum Gasteiger partial charge on any atom is 0.407 e. The molecule has 2 aliphatic rings. The van der Waals surface area contributed by atoms with Crippen LogP contribution >= 0.6 is 0 Å². The first-order valence-electron chi connectivity index (χ1n) is 10.9. The molecule has 2 aliphatic heterocycles. The van der Waals surface area contributed by atoms with Crippen molar-refractivity contribution < 1.29 is 29.0 Å². The summed E-state index contributed by atoms with van der Waals surface area (Å²) in [6.45, 7) is 8.77. The van der Waals surface area contributed by atoms with Gasteiger partial charge in [-0.05, 0) is 44.0 Å². The van der Waals surface area contributed by atoms with Crippen LogP contribution in [-0.4, -0.2) is 77.9 Å². The van der Waals surface area contributed by atoms with Gasteiger partial charge in [-0.25, -0.2) is 9.59 Å². The molecule has 0 aromatic heterocycles. The predicted molar refractivity (Wildman–Crippen MR) is 119 cm³/mol. The second kappa shape index (κ2) is 8.88. The number of carbonyl (C=O) groups is 3. The highest BCUT2D eigenvalue weighted by Crippen LogP contribution is 2.47. The van der Waals surface area contributed by atoms with E-state index < -0.39 is 17.6 Å². The average molecular weight is 448 g/mol. The zero-order valence-corrected chi connectivity index (χ0v) is 19.5. The molecule has 9 nitrogen and oxygen atoms in total. The molecular weight excluding hydrogens is 414 g/mol. The van der Waals surface area contributed by atoms with Crippen molar-refractivity contribution in [2.24, 2.45) is 5.41 Å². The number of carbonyl (C=O) groups excluding carboxylic acids is 2. The minimum atomic E-state index is -0.958. The van der Waals surface area contributed by atoms with Crippen LogP contribution in [0.1, 0.15) is 40.5 Å². The number of esters is 1. The Bertz CT molecular complexity index is 855. The molecule has 1 aromatic rings. The molecule has 1 unspecified atom stereocenters. The monoisotopic (exact) mass is 447 g/mol. The fourth-order valence-corrected chi connectivity index (χ4v) is 4.88. The molecule has 1 atom stereocenters. The van der Waals surface area contributed by atoms with E-state index in [0.29, 0.717) is 38.3 Å². The molecule has 9 heteroatoms. The summed E-state index contributed by atoms with van der Waals surface area (Å²) in [6.07, 6.45) is -0.301. The van der Waals surface area contributed by atoms with Crippen molar-refractivity contribution in [1.82, 2.24) is 9.80 Å². The SMILES string of the molecule is CCOC(=O)COc1ccc(N2C(C(C)(C)C)N(C)C(=O)C23CCN(C(=O)O)CC3)cc1. The lowest BCUT2D eigenvalue weighted by molar-refractivity contribution is -0.145. The van der Waals surface area contributed by atoms with Crippen LogP contribution < -0.4 is 9.64 Å². The summed E-state index contributed by atoms with van der Waals surface area (Å²) in [5, 5.41) is 9.38. The molecule has 2 saturated heterocycles. The highest BCUT2D eigenvalue weighted by molar-refractivity contribution is 5.94. The zero-order chi connectivity index (χ0) is 23.7. The van der Waals surface area contributed by atoms with Crippen molar-refractivity contribution in [1.29, 1.82) is 0 Å². The van der Waals surface area contributed by atoms with Crippen LogP contribution in [0.3, 0.4) is 0 Å². The van der Waals surface area contributed by atoms with E-state index in [1.807, 2.05) is 19.2 Å². The molecular formula is C23H33N3O6. The summed E-state index contributed by atoms with van der Waals surface area (Å²) >= 11 is 0. The van der Waals surface area contributed by atoms with Crippen molar-refractivity contribution in [2.75, 3.05) is 38.3 Å². The highest BCUT2D eigenvalue weighted by Gasteiger charge is 2.59. The van der Waals surface area contributed by atoms with Crippen LogP contribution in [0.4, 0.5) is 10.5 Å². The first kappa shape index (κ1) is 23.7. The number of amides is 2. The molecule has 2 fully saturated rings. The summed E-state index contributed by atoms with van der Waals surface area (Å²) in [4.78, 5) is 41.9. The molecule has 32 heavy (non-hydrogen) atoms. The van der Waals surface area contributed by atoms with Crippen molar-refractivity contribution in [3.05, 3.63) is 24.3 Å². The fourth-order valence-electron chi connectivity index (χ4n) is 4.88. The summed E-state index contributed by atoms with van der Waals surface area (Å²) in [5.74, 6) is 0.119. The Balaban J connectivity index is 1.91. The number of hydrogen-bond donors (Lipinski definition) is 1. The first-order chi connectivity index (χ1) is 15.0. The Kier molecular flexibility index (Phi) is 6.57. The van der Waals surface area contributed by atoms with Crippen LogP contribution in [0.2, 0.25) is 0 Å². The second-order valence-electron chi connectivity index (χ2n) is 9.41. The molecule has 0 aliphatic carbocycles. The van der Waals surface area contributed by atoms with Gasteiger partial charge in [-0.15, -0.1) is 0 Å². The highest BCUT2D eigenvalue weighted by atomic mass is 16.6. The zero-order valence-electron chi connectivity index (χ0n) is 19.5. The number of hydrogen-bond acceptors (Lipinski definition) is 6. The van der Waals surface area contributed by atoms with Crippen LogP contribution in [0.15, 0.2) is 24.3 Å². The van der Waals surface area contributed by atoms with Crippen LogP contribution in [0.5, 0.6) is 5.75 Å². The molecule has 0 bridgehead atoms. The normalized spacial score (nSPS) is 20.6. The minimum absolute atomic E-state index is 0.0186. The Morgan fingerprint density at radius 3 is 2.25 bits per heavy atom. The van der Waals surface area contributed by atoms with E-state index in [2.05, 4.69) is 25.7 Å². The van der Waals surface area contributed by atoms with Gasteiger partial charge < -0.3 is 29.3 Å². The number of ether oxygens (including phenoxy) is 2. The van der Waals surface area contributed by atoms with Gasteiger partial charge in [0.25, 0.3) is 0 Å². The smallest absolute Gasteiger partial charge is 0.407 e. The number of nitrogens with zero attached hydrogens (tertiary/aromatic N) is 3. The van der Waals surface area contributed by atoms with Crippen LogP contribution in [0, 0.1) is 5.41 Å². The van der Waals surface area contributed by atoms with Gasteiger partial charge in [0.1, 0.15) is 17.5 Å². The lowest BCUT2D eigenvalue weighted by Gasteiger charge is -2.47. The maximum atomic E-state index is 13.5. The molecule has 3 rings (SSSR count). The molecule has 0 saturated carbocycles. The molecule has 1 aromatic carbocycles. The standard InChI is InChI=1S/C23H33N3O6/c1-6-31-18(27)15-32-17-9-7-16(8-10-17)26-19(22(2,3)4)24(5)20(28)23(26)11-13-25(14-12-23)21(29)30/h7-10,19H,6,11-15H2,1-5H3,(H,29,30). The van der Waals surface area contributed by atoms with E-state index in [-0.39, 0.29) is 24.1 Å². The van der Waals surface area contributed by atoms with Gasteiger partial charge in [0, 0.05) is 31.2 Å². The molecule has 1 N–H and O–H groups in total. The van der Waals surface area contributed by atoms with Crippen molar-refractivity contribution in [3.63, 3.8) is 0 Å². The number of carboxylic acid groups (broad SMARTS) is 1. The molecule has 0 radical (unpaired) electrons. The van der Waals surface area contributed by atoms with Gasteiger partial charge in [-0.2, -0.15) is 0 Å². The van der Waals surface area contributed by atoms with Gasteiger partial charge in [-0.1, -0.05) is 20.8 Å². The van der Waals surface area contributed by atoms with E-state index >= 15 is 0 Å². The third-order valence-electron chi connectivity index (χ3n) is 6.20. The molecule has 2 heterocycles. The first-order valence-corrected chi connectivity index (χ1v) is 10.9. The van der Waals surface area contributed by atoms with Gasteiger partial charge >= 0.3 is 12.1 Å². The lowest BCUT2D eigenvalue weighted by atomic mass is 9.84.